The van der Waals surface area contributed by atoms with Crippen LogP contribution < -0.4 is 5.56 Å². The predicted molar refractivity (Wildman–Crippen MR) is 97.1 cm³/mol. The first-order valence-electron chi connectivity index (χ1n) is 7.89. The first kappa shape index (κ1) is 17.4. The minimum atomic E-state index is -0.181. The van der Waals surface area contributed by atoms with E-state index in [9.17, 15) is 9.59 Å². The summed E-state index contributed by atoms with van der Waals surface area (Å²) < 4.78 is 7.89. The number of carbonyl (C=O) groups excluding carboxylic acids is 1. The molecule has 24 heavy (non-hydrogen) atoms. The molecule has 0 aliphatic carbocycles. The van der Waals surface area contributed by atoms with Crippen molar-refractivity contribution in [3.8, 4) is 0 Å². The van der Waals surface area contributed by atoms with E-state index in [1.807, 2.05) is 17.5 Å². The number of aromatic nitrogens is 1. The molecule has 5 nitrogen and oxygen atoms in total. The molecule has 1 aliphatic heterocycles. The molecule has 1 atom stereocenters. The van der Waals surface area contributed by atoms with Gasteiger partial charge in [0, 0.05) is 34.8 Å². The molecule has 1 aliphatic rings. The molecular weight excluding hydrogens is 392 g/mol. The minimum Gasteiger partial charge on any atom is -0.376 e. The SMILES string of the molecule is O=C(Cn1cc(Br)ccc1=O)N(Cc1cccs1)CC1CCCO1. The van der Waals surface area contributed by atoms with Gasteiger partial charge in [-0.15, -0.1) is 11.3 Å². The van der Waals surface area contributed by atoms with Crippen molar-refractivity contribution in [2.24, 2.45) is 0 Å². The summed E-state index contributed by atoms with van der Waals surface area (Å²) in [6.07, 6.45) is 3.76. The summed E-state index contributed by atoms with van der Waals surface area (Å²) >= 11 is 4.97. The molecule has 7 heteroatoms. The van der Waals surface area contributed by atoms with Gasteiger partial charge in [-0.3, -0.25) is 9.59 Å². The molecule has 0 aromatic carbocycles. The molecule has 0 radical (unpaired) electrons. The standard InChI is InChI=1S/C17H19BrN2O3S/c18-13-5-6-16(21)19(9-13)12-17(22)20(10-14-3-1-7-23-14)11-15-4-2-8-24-15/h2,4-6,8-9,14H,1,3,7,10-12H2. The van der Waals surface area contributed by atoms with E-state index in [1.165, 1.54) is 10.6 Å². The molecule has 0 N–H and O–H groups in total. The molecule has 1 amide bonds. The van der Waals surface area contributed by atoms with E-state index in [0.29, 0.717) is 13.1 Å². The van der Waals surface area contributed by atoms with Gasteiger partial charge in [0.25, 0.3) is 5.56 Å². The van der Waals surface area contributed by atoms with E-state index in [0.717, 1.165) is 28.8 Å². The van der Waals surface area contributed by atoms with Gasteiger partial charge in [0.2, 0.25) is 5.91 Å². The van der Waals surface area contributed by atoms with Crippen LogP contribution in [0.3, 0.4) is 0 Å². The molecule has 1 unspecified atom stereocenters. The molecule has 0 spiro atoms. The van der Waals surface area contributed by atoms with Gasteiger partial charge in [-0.2, -0.15) is 0 Å². The number of nitrogens with zero attached hydrogens (tertiary/aromatic N) is 2. The Balaban J connectivity index is 1.74. The average molecular weight is 411 g/mol. The third kappa shape index (κ3) is 4.55. The molecule has 3 heterocycles. The van der Waals surface area contributed by atoms with Crippen molar-refractivity contribution in [1.29, 1.82) is 0 Å². The van der Waals surface area contributed by atoms with Crippen molar-refractivity contribution in [1.82, 2.24) is 9.47 Å². The summed E-state index contributed by atoms with van der Waals surface area (Å²) in [4.78, 5) is 27.7. The summed E-state index contributed by atoms with van der Waals surface area (Å²) in [5, 5.41) is 2.00. The summed E-state index contributed by atoms with van der Waals surface area (Å²) in [5.41, 5.74) is -0.181. The van der Waals surface area contributed by atoms with Crippen molar-refractivity contribution >= 4 is 33.2 Å². The topological polar surface area (TPSA) is 51.5 Å². The van der Waals surface area contributed by atoms with Crippen LogP contribution in [0.1, 0.15) is 17.7 Å². The monoisotopic (exact) mass is 410 g/mol. The fourth-order valence-corrected chi connectivity index (χ4v) is 3.85. The minimum absolute atomic E-state index is 0.0381. The molecule has 2 aromatic heterocycles. The summed E-state index contributed by atoms with van der Waals surface area (Å²) in [5.74, 6) is -0.0703. The van der Waals surface area contributed by atoms with Gasteiger partial charge < -0.3 is 14.2 Å². The second-order valence-electron chi connectivity index (χ2n) is 5.80. The zero-order valence-corrected chi connectivity index (χ0v) is 15.6. The van der Waals surface area contributed by atoms with Crippen LogP contribution in [0.4, 0.5) is 0 Å². The van der Waals surface area contributed by atoms with Crippen molar-refractivity contribution in [2.45, 2.75) is 32.0 Å². The van der Waals surface area contributed by atoms with Gasteiger partial charge in [0.1, 0.15) is 6.54 Å². The summed E-state index contributed by atoms with van der Waals surface area (Å²) in [6.45, 7) is 1.92. The highest BCUT2D eigenvalue weighted by molar-refractivity contribution is 9.10. The van der Waals surface area contributed by atoms with Gasteiger partial charge >= 0.3 is 0 Å². The molecule has 3 rings (SSSR count). The lowest BCUT2D eigenvalue weighted by Crippen LogP contribution is -2.40. The number of amides is 1. The Morgan fingerprint density at radius 3 is 3.00 bits per heavy atom. The van der Waals surface area contributed by atoms with E-state index in [-0.39, 0.29) is 24.1 Å². The Hall–Kier alpha value is -1.44. The van der Waals surface area contributed by atoms with Crippen LogP contribution in [0, 0.1) is 0 Å². The predicted octanol–water partition coefficient (Wildman–Crippen LogP) is 2.88. The first-order valence-corrected chi connectivity index (χ1v) is 9.57. The number of rotatable bonds is 6. The number of hydrogen-bond acceptors (Lipinski definition) is 4. The molecule has 1 fully saturated rings. The van der Waals surface area contributed by atoms with E-state index in [1.54, 1.807) is 28.5 Å². The molecule has 1 saturated heterocycles. The maximum absolute atomic E-state index is 12.8. The summed E-state index contributed by atoms with van der Waals surface area (Å²) in [6, 6.07) is 7.14. The average Bonchev–Trinajstić information content (AvgIpc) is 3.24. The van der Waals surface area contributed by atoms with Crippen molar-refractivity contribution in [3.63, 3.8) is 0 Å². The zero-order valence-electron chi connectivity index (χ0n) is 13.2. The number of ether oxygens (including phenoxy) is 1. The normalized spacial score (nSPS) is 17.1. The number of hydrogen-bond donors (Lipinski definition) is 0. The Kier molecular flexibility index (Phi) is 5.86. The van der Waals surface area contributed by atoms with Crippen LogP contribution >= 0.6 is 27.3 Å². The first-order chi connectivity index (χ1) is 11.6. The zero-order chi connectivity index (χ0) is 16.9. The van der Waals surface area contributed by atoms with E-state index < -0.39 is 0 Å². The number of thiophene rings is 1. The fourth-order valence-electron chi connectivity index (χ4n) is 2.75. The van der Waals surface area contributed by atoms with Gasteiger partial charge in [0.15, 0.2) is 0 Å². The van der Waals surface area contributed by atoms with Crippen LogP contribution in [-0.2, 0) is 22.6 Å². The summed E-state index contributed by atoms with van der Waals surface area (Å²) in [7, 11) is 0. The van der Waals surface area contributed by atoms with Gasteiger partial charge in [0.05, 0.1) is 12.6 Å². The lowest BCUT2D eigenvalue weighted by molar-refractivity contribution is -0.134. The Morgan fingerprint density at radius 1 is 1.42 bits per heavy atom. The van der Waals surface area contributed by atoms with Crippen LogP contribution in [0.25, 0.3) is 0 Å². The molecule has 128 valence electrons. The third-order valence-corrected chi connectivity index (χ3v) is 5.31. The number of halogens is 1. The second-order valence-corrected chi connectivity index (χ2v) is 7.75. The molecule has 0 bridgehead atoms. The van der Waals surface area contributed by atoms with Crippen LogP contribution in [0.15, 0.2) is 45.1 Å². The Morgan fingerprint density at radius 2 is 2.29 bits per heavy atom. The smallest absolute Gasteiger partial charge is 0.251 e. The van der Waals surface area contributed by atoms with Crippen LogP contribution in [-0.4, -0.2) is 34.6 Å². The van der Waals surface area contributed by atoms with Gasteiger partial charge in [-0.25, -0.2) is 0 Å². The Labute approximate surface area is 153 Å². The third-order valence-electron chi connectivity index (χ3n) is 3.98. The Bertz CT molecular complexity index is 739. The largest absolute Gasteiger partial charge is 0.376 e. The maximum Gasteiger partial charge on any atom is 0.251 e. The van der Waals surface area contributed by atoms with E-state index >= 15 is 0 Å². The number of carbonyl (C=O) groups is 1. The quantitative estimate of drug-likeness (QED) is 0.735. The second kappa shape index (κ2) is 8.09. The van der Waals surface area contributed by atoms with Crippen LogP contribution in [0.2, 0.25) is 0 Å². The van der Waals surface area contributed by atoms with Crippen LogP contribution in [0.5, 0.6) is 0 Å². The van der Waals surface area contributed by atoms with Crippen molar-refractivity contribution < 1.29 is 9.53 Å². The van der Waals surface area contributed by atoms with Gasteiger partial charge in [-0.1, -0.05) is 6.07 Å². The molecule has 2 aromatic rings. The van der Waals surface area contributed by atoms with Gasteiger partial charge in [-0.05, 0) is 46.3 Å². The van der Waals surface area contributed by atoms with E-state index in [2.05, 4.69) is 15.9 Å². The van der Waals surface area contributed by atoms with Crippen molar-refractivity contribution in [2.75, 3.05) is 13.2 Å². The van der Waals surface area contributed by atoms with E-state index in [4.69, 9.17) is 4.74 Å². The lowest BCUT2D eigenvalue weighted by Gasteiger charge is -2.25. The number of pyridine rings is 1. The van der Waals surface area contributed by atoms with Crippen molar-refractivity contribution in [3.05, 3.63) is 55.5 Å². The lowest BCUT2D eigenvalue weighted by atomic mass is 10.2. The highest BCUT2D eigenvalue weighted by Crippen LogP contribution is 2.17. The highest BCUT2D eigenvalue weighted by atomic mass is 79.9. The highest BCUT2D eigenvalue weighted by Gasteiger charge is 2.23. The fraction of sp³-hybridized carbons (Fsp3) is 0.412. The molecular formula is C17H19BrN2O3S. The molecule has 0 saturated carbocycles. The maximum atomic E-state index is 12.8.